The van der Waals surface area contributed by atoms with E-state index in [-0.39, 0.29) is 24.7 Å². The number of amides is 1. The molecule has 5 rings (SSSR count). The van der Waals surface area contributed by atoms with E-state index in [9.17, 15) is 9.90 Å². The van der Waals surface area contributed by atoms with Crippen LogP contribution in [0.4, 0.5) is 0 Å². The predicted molar refractivity (Wildman–Crippen MR) is 128 cm³/mol. The Balaban J connectivity index is 1.43. The van der Waals surface area contributed by atoms with E-state index in [1.54, 1.807) is 6.08 Å². The van der Waals surface area contributed by atoms with Crippen molar-refractivity contribution in [2.75, 3.05) is 13.3 Å². The average Bonchev–Trinajstić information content (AvgIpc) is 3.29. The maximum Gasteiger partial charge on any atom is 0.247 e. The average molecular weight is 448 g/mol. The highest BCUT2D eigenvalue weighted by Crippen LogP contribution is 2.50. The molecule has 1 saturated heterocycles. The van der Waals surface area contributed by atoms with Gasteiger partial charge in [0.05, 0.1) is 11.6 Å². The zero-order valence-electron chi connectivity index (χ0n) is 19.5. The zero-order valence-corrected chi connectivity index (χ0v) is 19.5. The van der Waals surface area contributed by atoms with Gasteiger partial charge in [-0.05, 0) is 60.1 Å². The van der Waals surface area contributed by atoms with Crippen LogP contribution in [0.25, 0.3) is 6.08 Å². The highest BCUT2D eigenvalue weighted by molar-refractivity contribution is 5.92. The number of nitrogens with zero attached hydrogens (tertiary/aromatic N) is 1. The summed E-state index contributed by atoms with van der Waals surface area (Å²) in [5.41, 5.74) is 2.59. The number of benzene rings is 2. The molecule has 1 aliphatic carbocycles. The summed E-state index contributed by atoms with van der Waals surface area (Å²) in [6.45, 7) is 5.11. The Labute approximate surface area is 196 Å². The van der Waals surface area contributed by atoms with Crippen molar-refractivity contribution in [2.24, 2.45) is 5.92 Å². The van der Waals surface area contributed by atoms with Gasteiger partial charge in [0.15, 0.2) is 11.5 Å². The molecule has 2 aliphatic heterocycles. The van der Waals surface area contributed by atoms with Crippen LogP contribution in [0.3, 0.4) is 0 Å². The topological polar surface area (TPSA) is 59.0 Å². The van der Waals surface area contributed by atoms with Crippen LogP contribution in [-0.2, 0) is 4.79 Å². The van der Waals surface area contributed by atoms with Gasteiger partial charge in [-0.25, -0.2) is 0 Å². The predicted octanol–water partition coefficient (Wildman–Crippen LogP) is 5.45. The molecule has 3 aliphatic rings. The maximum atomic E-state index is 13.4. The number of hydrogen-bond donors (Lipinski definition) is 1. The summed E-state index contributed by atoms with van der Waals surface area (Å²) in [5, 5.41) is 11.5. The summed E-state index contributed by atoms with van der Waals surface area (Å²) in [6, 6.07) is 14.1. The molecule has 0 bridgehead atoms. The number of aliphatic hydroxyl groups is 1. The van der Waals surface area contributed by atoms with Crippen molar-refractivity contribution < 1.29 is 19.4 Å². The van der Waals surface area contributed by atoms with Gasteiger partial charge in [-0.3, -0.25) is 4.79 Å². The molecule has 0 aromatic heterocycles. The third-order valence-corrected chi connectivity index (χ3v) is 7.61. The van der Waals surface area contributed by atoms with Gasteiger partial charge in [-0.1, -0.05) is 57.0 Å². The molecule has 1 amide bonds. The monoisotopic (exact) mass is 447 g/mol. The summed E-state index contributed by atoms with van der Waals surface area (Å²) in [7, 11) is 0. The Kier molecular flexibility index (Phi) is 5.92. The number of likely N-dealkylation sites (tertiary alicyclic amines) is 1. The van der Waals surface area contributed by atoms with E-state index in [0.29, 0.717) is 24.6 Å². The lowest BCUT2D eigenvalue weighted by molar-refractivity contribution is -0.150. The van der Waals surface area contributed by atoms with E-state index < -0.39 is 5.60 Å². The van der Waals surface area contributed by atoms with Crippen LogP contribution >= 0.6 is 0 Å². The van der Waals surface area contributed by atoms with Crippen LogP contribution in [0.1, 0.15) is 74.6 Å². The van der Waals surface area contributed by atoms with Crippen molar-refractivity contribution in [3.8, 4) is 11.5 Å². The van der Waals surface area contributed by atoms with E-state index in [2.05, 4.69) is 38.1 Å². The fourth-order valence-corrected chi connectivity index (χ4v) is 5.69. The van der Waals surface area contributed by atoms with Gasteiger partial charge in [0.2, 0.25) is 12.7 Å². The summed E-state index contributed by atoms with van der Waals surface area (Å²) >= 11 is 0. The molecule has 0 unspecified atom stereocenters. The fraction of sp³-hybridized carbons (Fsp3) is 0.464. The molecule has 1 saturated carbocycles. The highest BCUT2D eigenvalue weighted by atomic mass is 16.7. The Bertz CT molecular complexity index is 1040. The van der Waals surface area contributed by atoms with Gasteiger partial charge >= 0.3 is 0 Å². The number of carbonyl (C=O) groups is 1. The van der Waals surface area contributed by atoms with Crippen molar-refractivity contribution >= 4 is 12.0 Å². The Morgan fingerprint density at radius 1 is 1.09 bits per heavy atom. The van der Waals surface area contributed by atoms with E-state index in [1.165, 1.54) is 5.56 Å². The molecule has 3 atom stereocenters. The summed E-state index contributed by atoms with van der Waals surface area (Å²) < 4.78 is 11.1. The molecule has 1 N–H and O–H groups in total. The Hall–Kier alpha value is -2.79. The molecular weight excluding hydrogens is 414 g/mol. The van der Waals surface area contributed by atoms with Crippen LogP contribution in [0.2, 0.25) is 0 Å². The lowest BCUT2D eigenvalue weighted by atomic mass is 9.66. The van der Waals surface area contributed by atoms with Gasteiger partial charge in [0, 0.05) is 18.5 Å². The third kappa shape index (κ3) is 4.26. The lowest BCUT2D eigenvalue weighted by Gasteiger charge is -2.52. The molecule has 2 fully saturated rings. The molecule has 0 radical (unpaired) electrons. The van der Waals surface area contributed by atoms with Gasteiger partial charge in [0.1, 0.15) is 0 Å². The van der Waals surface area contributed by atoms with Gasteiger partial charge < -0.3 is 19.5 Å². The molecule has 2 aromatic rings. The second kappa shape index (κ2) is 8.86. The minimum atomic E-state index is -0.716. The van der Waals surface area contributed by atoms with Crippen LogP contribution in [0.5, 0.6) is 11.5 Å². The first kappa shape index (κ1) is 22.0. The van der Waals surface area contributed by atoms with E-state index >= 15 is 0 Å². The van der Waals surface area contributed by atoms with Gasteiger partial charge in [-0.15, -0.1) is 0 Å². The van der Waals surface area contributed by atoms with Crippen LogP contribution in [0, 0.1) is 5.92 Å². The number of rotatable bonds is 4. The maximum absolute atomic E-state index is 13.4. The molecule has 33 heavy (non-hydrogen) atoms. The molecule has 2 heterocycles. The van der Waals surface area contributed by atoms with Crippen molar-refractivity contribution in [2.45, 2.75) is 63.5 Å². The minimum Gasteiger partial charge on any atom is -0.454 e. The van der Waals surface area contributed by atoms with E-state index in [4.69, 9.17) is 9.47 Å². The zero-order chi connectivity index (χ0) is 23.0. The first-order valence-corrected chi connectivity index (χ1v) is 12.2. The standard InChI is InChI=1S/C28H33NO4/c1-19(2)21-9-6-20(7-10-21)8-13-26(30)29-16-15-28(31)14-4-3-5-23(28)27(29)22-11-12-24-25(17-22)33-18-32-24/h6-13,17,19,23,27,31H,3-5,14-16,18H2,1-2H3/b13-8+/t23-,27+,28+/m1/s1. The largest absolute Gasteiger partial charge is 0.454 e. The SMILES string of the molecule is CC(C)c1ccc(/C=C/C(=O)N2CC[C@@]3(O)CCCC[C@@H]3[C@@H]2c2ccc3c(c2)OCO3)cc1. The van der Waals surface area contributed by atoms with Gasteiger partial charge in [0.25, 0.3) is 0 Å². The third-order valence-electron chi connectivity index (χ3n) is 7.61. The van der Waals surface area contributed by atoms with Gasteiger partial charge in [-0.2, -0.15) is 0 Å². The molecule has 0 spiro atoms. The first-order chi connectivity index (χ1) is 15.9. The summed E-state index contributed by atoms with van der Waals surface area (Å²) in [6.07, 6.45) is 8.04. The highest BCUT2D eigenvalue weighted by Gasteiger charge is 2.50. The molecular formula is C28H33NO4. The molecule has 2 aromatic carbocycles. The second-order valence-corrected chi connectivity index (χ2v) is 9.95. The minimum absolute atomic E-state index is 0.0155. The normalized spacial score (nSPS) is 26.6. The van der Waals surface area contributed by atoms with Crippen molar-refractivity contribution in [3.63, 3.8) is 0 Å². The summed E-state index contributed by atoms with van der Waals surface area (Å²) in [5.74, 6) is 1.93. The molecule has 174 valence electrons. The lowest BCUT2D eigenvalue weighted by Crippen LogP contribution is -2.56. The summed E-state index contributed by atoms with van der Waals surface area (Å²) in [4.78, 5) is 15.4. The van der Waals surface area contributed by atoms with E-state index in [1.807, 2.05) is 29.2 Å². The number of fused-ring (bicyclic) bond motifs is 2. The number of hydrogen-bond acceptors (Lipinski definition) is 4. The quantitative estimate of drug-likeness (QED) is 0.634. The van der Waals surface area contributed by atoms with Crippen molar-refractivity contribution in [1.82, 2.24) is 4.90 Å². The molecule has 5 heteroatoms. The number of carbonyl (C=O) groups excluding carboxylic acids is 1. The number of piperidine rings is 1. The van der Waals surface area contributed by atoms with Crippen LogP contribution < -0.4 is 9.47 Å². The van der Waals surface area contributed by atoms with Crippen molar-refractivity contribution in [3.05, 3.63) is 65.2 Å². The van der Waals surface area contributed by atoms with Crippen LogP contribution in [-0.4, -0.2) is 34.9 Å². The Morgan fingerprint density at radius 3 is 2.67 bits per heavy atom. The molecule has 5 nitrogen and oxygen atoms in total. The first-order valence-electron chi connectivity index (χ1n) is 12.2. The number of ether oxygens (including phenoxy) is 2. The Morgan fingerprint density at radius 2 is 1.88 bits per heavy atom. The van der Waals surface area contributed by atoms with Crippen LogP contribution in [0.15, 0.2) is 48.5 Å². The second-order valence-electron chi connectivity index (χ2n) is 9.95. The fourth-order valence-electron chi connectivity index (χ4n) is 5.69. The van der Waals surface area contributed by atoms with E-state index in [0.717, 1.165) is 42.6 Å². The smallest absolute Gasteiger partial charge is 0.247 e. The van der Waals surface area contributed by atoms with Crippen molar-refractivity contribution in [1.29, 1.82) is 0 Å².